The Morgan fingerprint density at radius 3 is 2.93 bits per heavy atom. The highest BCUT2D eigenvalue weighted by atomic mass is 16.5. The molecule has 1 heterocycles. The average Bonchev–Trinajstić information content (AvgIpc) is 2.15. The summed E-state index contributed by atoms with van der Waals surface area (Å²) in [5.41, 5.74) is 1.26. The molecule has 1 atom stereocenters. The Kier molecular flexibility index (Phi) is 4.78. The predicted molar refractivity (Wildman–Crippen MR) is 57.9 cm³/mol. The van der Waals surface area contributed by atoms with Crippen LogP contribution in [0.5, 0.6) is 0 Å². The summed E-state index contributed by atoms with van der Waals surface area (Å²) in [6, 6.07) is 0.0202. The molecule has 1 rings (SSSR count). The van der Waals surface area contributed by atoms with Gasteiger partial charge in [-0.2, -0.15) is 0 Å². The van der Waals surface area contributed by atoms with E-state index in [1.807, 2.05) is 13.8 Å². The molecule has 0 saturated carbocycles. The SMILES string of the molecule is CC(C)=CCN1CCOCC1CC(=O)O. The zero-order chi connectivity index (χ0) is 11.3. The van der Waals surface area contributed by atoms with Crippen LogP contribution in [0.25, 0.3) is 0 Å². The molecule has 1 unspecified atom stereocenters. The van der Waals surface area contributed by atoms with E-state index in [0.717, 1.165) is 13.1 Å². The van der Waals surface area contributed by atoms with E-state index in [2.05, 4.69) is 11.0 Å². The molecule has 0 amide bonds. The minimum Gasteiger partial charge on any atom is -0.481 e. The van der Waals surface area contributed by atoms with Gasteiger partial charge in [-0.05, 0) is 13.8 Å². The number of carboxylic acids is 1. The maximum absolute atomic E-state index is 10.7. The number of rotatable bonds is 4. The van der Waals surface area contributed by atoms with Gasteiger partial charge in [-0.25, -0.2) is 0 Å². The van der Waals surface area contributed by atoms with Crippen LogP contribution in [0.2, 0.25) is 0 Å². The van der Waals surface area contributed by atoms with Crippen LogP contribution in [0.15, 0.2) is 11.6 Å². The predicted octanol–water partition coefficient (Wildman–Crippen LogP) is 1.13. The molecule has 15 heavy (non-hydrogen) atoms. The molecule has 0 bridgehead atoms. The summed E-state index contributed by atoms with van der Waals surface area (Å²) in [6.45, 7) is 6.97. The Morgan fingerprint density at radius 2 is 2.33 bits per heavy atom. The minimum absolute atomic E-state index is 0.0202. The standard InChI is InChI=1S/C11H19NO3/c1-9(2)3-4-12-5-6-15-8-10(12)7-11(13)14/h3,10H,4-8H2,1-2H3,(H,13,14). The van der Waals surface area contributed by atoms with Gasteiger partial charge in [0.05, 0.1) is 19.6 Å². The van der Waals surface area contributed by atoms with Crippen molar-refractivity contribution in [3.63, 3.8) is 0 Å². The van der Waals surface area contributed by atoms with Gasteiger partial charge in [-0.3, -0.25) is 9.69 Å². The first kappa shape index (κ1) is 12.2. The molecular weight excluding hydrogens is 194 g/mol. The van der Waals surface area contributed by atoms with Crippen molar-refractivity contribution in [2.24, 2.45) is 0 Å². The number of nitrogens with zero attached hydrogens (tertiary/aromatic N) is 1. The lowest BCUT2D eigenvalue weighted by molar-refractivity contribution is -0.140. The Bertz CT molecular complexity index is 246. The highest BCUT2D eigenvalue weighted by molar-refractivity contribution is 5.67. The van der Waals surface area contributed by atoms with Crippen LogP contribution in [0.3, 0.4) is 0 Å². The number of ether oxygens (including phenoxy) is 1. The first-order valence-corrected chi connectivity index (χ1v) is 5.26. The van der Waals surface area contributed by atoms with Gasteiger partial charge in [0.15, 0.2) is 0 Å². The summed E-state index contributed by atoms with van der Waals surface area (Å²) in [6.07, 6.45) is 2.29. The monoisotopic (exact) mass is 213 g/mol. The molecular formula is C11H19NO3. The van der Waals surface area contributed by atoms with Crippen molar-refractivity contribution < 1.29 is 14.6 Å². The molecule has 86 valence electrons. The fraction of sp³-hybridized carbons (Fsp3) is 0.727. The number of aliphatic carboxylic acids is 1. The van der Waals surface area contributed by atoms with Crippen molar-refractivity contribution >= 4 is 5.97 Å². The first-order chi connectivity index (χ1) is 7.09. The van der Waals surface area contributed by atoms with Crippen molar-refractivity contribution in [2.45, 2.75) is 26.3 Å². The number of hydrogen-bond donors (Lipinski definition) is 1. The third-order valence-corrected chi connectivity index (χ3v) is 2.49. The van der Waals surface area contributed by atoms with Crippen LogP contribution in [-0.2, 0) is 9.53 Å². The molecule has 0 aromatic rings. The van der Waals surface area contributed by atoms with Crippen LogP contribution in [0.1, 0.15) is 20.3 Å². The molecule has 0 aromatic carbocycles. The quantitative estimate of drug-likeness (QED) is 0.711. The summed E-state index contributed by atoms with van der Waals surface area (Å²) in [4.78, 5) is 12.8. The smallest absolute Gasteiger partial charge is 0.305 e. The third kappa shape index (κ3) is 4.44. The maximum atomic E-state index is 10.7. The second-order valence-corrected chi connectivity index (χ2v) is 4.10. The van der Waals surface area contributed by atoms with Gasteiger partial charge in [-0.15, -0.1) is 0 Å². The largest absolute Gasteiger partial charge is 0.481 e. The van der Waals surface area contributed by atoms with Crippen molar-refractivity contribution in [3.8, 4) is 0 Å². The van der Waals surface area contributed by atoms with Crippen LogP contribution in [0, 0.1) is 0 Å². The second kappa shape index (κ2) is 5.88. The summed E-state index contributed by atoms with van der Waals surface area (Å²) in [5.74, 6) is -0.757. The first-order valence-electron chi connectivity index (χ1n) is 5.26. The third-order valence-electron chi connectivity index (χ3n) is 2.49. The van der Waals surface area contributed by atoms with Crippen LogP contribution >= 0.6 is 0 Å². The lowest BCUT2D eigenvalue weighted by Gasteiger charge is -2.34. The molecule has 4 heteroatoms. The molecule has 0 aliphatic carbocycles. The molecule has 0 aromatic heterocycles. The Balaban J connectivity index is 2.49. The van der Waals surface area contributed by atoms with Crippen molar-refractivity contribution in [1.82, 2.24) is 4.90 Å². The summed E-state index contributed by atoms with van der Waals surface area (Å²) >= 11 is 0. The zero-order valence-corrected chi connectivity index (χ0v) is 9.40. The van der Waals surface area contributed by atoms with Crippen LogP contribution < -0.4 is 0 Å². The zero-order valence-electron chi connectivity index (χ0n) is 9.40. The summed E-state index contributed by atoms with van der Waals surface area (Å²) in [5, 5.41) is 8.76. The van der Waals surface area contributed by atoms with Gasteiger partial charge >= 0.3 is 5.97 Å². The van der Waals surface area contributed by atoms with Crippen molar-refractivity contribution in [2.75, 3.05) is 26.3 Å². The van der Waals surface area contributed by atoms with E-state index < -0.39 is 5.97 Å². The molecule has 1 saturated heterocycles. The van der Waals surface area contributed by atoms with E-state index in [-0.39, 0.29) is 12.5 Å². The minimum atomic E-state index is -0.757. The van der Waals surface area contributed by atoms with E-state index in [0.29, 0.717) is 13.2 Å². The topological polar surface area (TPSA) is 49.8 Å². The second-order valence-electron chi connectivity index (χ2n) is 4.10. The van der Waals surface area contributed by atoms with Gasteiger partial charge in [0.2, 0.25) is 0 Å². The van der Waals surface area contributed by atoms with Gasteiger partial charge in [0, 0.05) is 19.1 Å². The average molecular weight is 213 g/mol. The Labute approximate surface area is 90.5 Å². The summed E-state index contributed by atoms with van der Waals surface area (Å²) in [7, 11) is 0. The van der Waals surface area contributed by atoms with Crippen molar-refractivity contribution in [1.29, 1.82) is 0 Å². The van der Waals surface area contributed by atoms with E-state index in [1.165, 1.54) is 5.57 Å². The molecule has 0 spiro atoms. The normalized spacial score (nSPS) is 22.4. The van der Waals surface area contributed by atoms with Crippen molar-refractivity contribution in [3.05, 3.63) is 11.6 Å². The molecule has 1 aliphatic heterocycles. The van der Waals surface area contributed by atoms with E-state index in [1.54, 1.807) is 0 Å². The summed E-state index contributed by atoms with van der Waals surface area (Å²) < 4.78 is 5.29. The lowest BCUT2D eigenvalue weighted by Crippen LogP contribution is -2.46. The Morgan fingerprint density at radius 1 is 1.60 bits per heavy atom. The van der Waals surface area contributed by atoms with Gasteiger partial charge in [0.1, 0.15) is 0 Å². The fourth-order valence-corrected chi connectivity index (χ4v) is 1.62. The number of carbonyl (C=O) groups is 1. The number of morpholine rings is 1. The molecule has 4 nitrogen and oxygen atoms in total. The molecule has 1 N–H and O–H groups in total. The van der Waals surface area contributed by atoms with E-state index in [4.69, 9.17) is 9.84 Å². The van der Waals surface area contributed by atoms with Crippen LogP contribution in [-0.4, -0.2) is 48.3 Å². The molecule has 0 radical (unpaired) electrons. The lowest BCUT2D eigenvalue weighted by atomic mass is 10.1. The van der Waals surface area contributed by atoms with Gasteiger partial charge in [0.25, 0.3) is 0 Å². The molecule has 1 aliphatic rings. The maximum Gasteiger partial charge on any atom is 0.305 e. The van der Waals surface area contributed by atoms with Crippen LogP contribution in [0.4, 0.5) is 0 Å². The number of hydrogen-bond acceptors (Lipinski definition) is 3. The van der Waals surface area contributed by atoms with Gasteiger partial charge < -0.3 is 9.84 Å². The number of allylic oxidation sites excluding steroid dienone is 1. The fourth-order valence-electron chi connectivity index (χ4n) is 1.62. The van der Waals surface area contributed by atoms with E-state index >= 15 is 0 Å². The highest BCUT2D eigenvalue weighted by Gasteiger charge is 2.24. The highest BCUT2D eigenvalue weighted by Crippen LogP contribution is 2.10. The number of carboxylic acid groups (broad SMARTS) is 1. The van der Waals surface area contributed by atoms with E-state index in [9.17, 15) is 4.79 Å². The molecule has 1 fully saturated rings. The Hall–Kier alpha value is -0.870. The van der Waals surface area contributed by atoms with Gasteiger partial charge in [-0.1, -0.05) is 11.6 Å².